The van der Waals surface area contributed by atoms with E-state index in [2.05, 4.69) is 4.74 Å². The fourth-order valence-electron chi connectivity index (χ4n) is 0.215. The van der Waals surface area contributed by atoms with Gasteiger partial charge in [-0.05, 0) is 13.0 Å². The molecule has 0 unspecified atom stereocenters. The number of carbonyl (C=O) groups is 1. The van der Waals surface area contributed by atoms with Crippen molar-refractivity contribution in [3.8, 4) is 0 Å². The molecule has 46 valence electrons. The third-order valence-corrected chi connectivity index (χ3v) is 0.634. The van der Waals surface area contributed by atoms with Crippen LogP contribution in [-0.2, 0) is 9.53 Å². The van der Waals surface area contributed by atoms with Crippen molar-refractivity contribution >= 4 is 5.97 Å². The highest BCUT2D eigenvalue weighted by atomic mass is 19.1. The lowest BCUT2D eigenvalue weighted by molar-refractivity contribution is -0.137. The van der Waals surface area contributed by atoms with Crippen molar-refractivity contribution in [2.45, 2.75) is 6.92 Å². The van der Waals surface area contributed by atoms with Crippen molar-refractivity contribution in [2.24, 2.45) is 0 Å². The summed E-state index contributed by atoms with van der Waals surface area (Å²) in [6.45, 7) is 1.42. The predicted octanol–water partition coefficient (Wildman–Crippen LogP) is 1.03. The van der Waals surface area contributed by atoms with Gasteiger partial charge in [-0.3, -0.25) is 0 Å². The molecule has 3 heteroatoms. The van der Waals surface area contributed by atoms with Crippen molar-refractivity contribution < 1.29 is 13.9 Å². The highest BCUT2D eigenvalue weighted by molar-refractivity contribution is 5.85. The Morgan fingerprint density at radius 2 is 2.25 bits per heavy atom. The molecule has 0 bridgehead atoms. The number of esters is 1. The molecule has 0 rings (SSSR count). The maximum Gasteiger partial charge on any atom is 0.366 e. The minimum absolute atomic E-state index is 0.854. The van der Waals surface area contributed by atoms with Crippen LogP contribution in [-0.4, -0.2) is 13.1 Å². The first-order chi connectivity index (χ1) is 3.72. The lowest BCUT2D eigenvalue weighted by atomic mass is 10.5. The minimum Gasteiger partial charge on any atom is -0.464 e. The average Bonchev–Trinajstić information content (AvgIpc) is 1.84. The van der Waals surface area contributed by atoms with Crippen LogP contribution in [0.4, 0.5) is 4.39 Å². The van der Waals surface area contributed by atoms with E-state index >= 15 is 0 Å². The molecule has 0 saturated heterocycles. The number of methoxy groups -OCH3 is 1. The maximum atomic E-state index is 11.9. The molecular formula is C5H7FO2. The summed E-state index contributed by atoms with van der Waals surface area (Å²) in [6, 6.07) is 0. The lowest BCUT2D eigenvalue weighted by Gasteiger charge is -1.90. The van der Waals surface area contributed by atoms with Crippen LogP contribution >= 0.6 is 0 Å². The molecule has 0 radical (unpaired) electrons. The molecule has 0 aromatic carbocycles. The van der Waals surface area contributed by atoms with Crippen LogP contribution in [0, 0.1) is 0 Å². The van der Waals surface area contributed by atoms with Gasteiger partial charge in [0, 0.05) is 0 Å². The Morgan fingerprint density at radius 1 is 1.75 bits per heavy atom. The second kappa shape index (κ2) is 3.18. The summed E-state index contributed by atoms with van der Waals surface area (Å²) in [7, 11) is 1.13. The molecule has 8 heavy (non-hydrogen) atoms. The van der Waals surface area contributed by atoms with Crippen LogP contribution in [0.3, 0.4) is 0 Å². The Kier molecular flexibility index (Phi) is 2.84. The van der Waals surface area contributed by atoms with Crippen molar-refractivity contribution in [1.29, 1.82) is 0 Å². The van der Waals surface area contributed by atoms with Gasteiger partial charge in [0.2, 0.25) is 5.83 Å². The van der Waals surface area contributed by atoms with E-state index in [1.165, 1.54) is 6.92 Å². The zero-order valence-corrected chi connectivity index (χ0v) is 4.77. The third kappa shape index (κ3) is 1.73. The first-order valence-electron chi connectivity index (χ1n) is 2.12. The second-order valence-corrected chi connectivity index (χ2v) is 1.13. The van der Waals surface area contributed by atoms with Gasteiger partial charge in [0.25, 0.3) is 0 Å². The molecule has 0 aliphatic rings. The summed E-state index contributed by atoms with van der Waals surface area (Å²) >= 11 is 0. The van der Waals surface area contributed by atoms with Gasteiger partial charge in [0.15, 0.2) is 0 Å². The molecule has 0 aliphatic heterocycles. The van der Waals surface area contributed by atoms with Gasteiger partial charge in [0.05, 0.1) is 7.11 Å². The molecule has 0 N–H and O–H groups in total. The fraction of sp³-hybridized carbons (Fsp3) is 0.400. The standard InChI is InChI=1S/C5H7FO2/c1-3-4(6)5(7)8-2/h3H,1-2H3. The van der Waals surface area contributed by atoms with Gasteiger partial charge < -0.3 is 4.74 Å². The average molecular weight is 118 g/mol. The number of ether oxygens (including phenoxy) is 1. The largest absolute Gasteiger partial charge is 0.464 e. The summed E-state index contributed by atoms with van der Waals surface area (Å²) < 4.78 is 15.9. The van der Waals surface area contributed by atoms with Crippen LogP contribution < -0.4 is 0 Å². The van der Waals surface area contributed by atoms with Gasteiger partial charge >= 0.3 is 5.97 Å². The van der Waals surface area contributed by atoms with Crippen molar-refractivity contribution in [1.82, 2.24) is 0 Å². The number of carbonyl (C=O) groups excluding carboxylic acids is 1. The zero-order valence-electron chi connectivity index (χ0n) is 4.77. The van der Waals surface area contributed by atoms with Gasteiger partial charge in [-0.2, -0.15) is 4.39 Å². The van der Waals surface area contributed by atoms with E-state index < -0.39 is 11.8 Å². The Balaban J connectivity index is 3.83. The molecule has 0 atom stereocenters. The maximum absolute atomic E-state index is 11.9. The minimum atomic E-state index is -0.924. The Hall–Kier alpha value is -0.860. The monoisotopic (exact) mass is 118 g/mol. The van der Waals surface area contributed by atoms with E-state index in [0.29, 0.717) is 0 Å². The zero-order chi connectivity index (χ0) is 6.57. The normalized spacial score (nSPS) is 11.1. The summed E-state index contributed by atoms with van der Waals surface area (Å²) in [6.07, 6.45) is 1.05. The molecule has 0 aliphatic carbocycles. The number of rotatable bonds is 1. The summed E-state index contributed by atoms with van der Waals surface area (Å²) in [5.41, 5.74) is 0. The quantitative estimate of drug-likeness (QED) is 0.379. The van der Waals surface area contributed by atoms with E-state index in [1.807, 2.05) is 0 Å². The molecule has 2 nitrogen and oxygen atoms in total. The highest BCUT2D eigenvalue weighted by Crippen LogP contribution is 1.95. The molecule has 0 aromatic heterocycles. The van der Waals surface area contributed by atoms with E-state index in [-0.39, 0.29) is 0 Å². The Labute approximate surface area is 47.0 Å². The van der Waals surface area contributed by atoms with E-state index in [0.717, 1.165) is 13.2 Å². The molecular weight excluding hydrogens is 111 g/mol. The molecule has 0 heterocycles. The van der Waals surface area contributed by atoms with Crippen LogP contribution in [0.2, 0.25) is 0 Å². The van der Waals surface area contributed by atoms with E-state index in [1.54, 1.807) is 0 Å². The number of hydrogen-bond donors (Lipinski definition) is 0. The first kappa shape index (κ1) is 7.14. The SMILES string of the molecule is CC=C(F)C(=O)OC. The van der Waals surface area contributed by atoms with Gasteiger partial charge in [0.1, 0.15) is 0 Å². The summed E-state index contributed by atoms with van der Waals surface area (Å²) in [4.78, 5) is 10.1. The molecule has 0 fully saturated rings. The summed E-state index contributed by atoms with van der Waals surface area (Å²) in [5.74, 6) is -1.78. The van der Waals surface area contributed by atoms with Gasteiger partial charge in [-0.15, -0.1) is 0 Å². The third-order valence-electron chi connectivity index (χ3n) is 0.634. The Morgan fingerprint density at radius 3 is 2.38 bits per heavy atom. The van der Waals surface area contributed by atoms with Crippen LogP contribution in [0.15, 0.2) is 11.9 Å². The summed E-state index contributed by atoms with van der Waals surface area (Å²) in [5, 5.41) is 0. The first-order valence-corrected chi connectivity index (χ1v) is 2.12. The second-order valence-electron chi connectivity index (χ2n) is 1.13. The van der Waals surface area contributed by atoms with E-state index in [4.69, 9.17) is 0 Å². The topological polar surface area (TPSA) is 26.3 Å². The highest BCUT2D eigenvalue weighted by Gasteiger charge is 2.03. The van der Waals surface area contributed by atoms with E-state index in [9.17, 15) is 9.18 Å². The van der Waals surface area contributed by atoms with Gasteiger partial charge in [-0.25, -0.2) is 4.79 Å². The van der Waals surface area contributed by atoms with Crippen LogP contribution in [0.25, 0.3) is 0 Å². The van der Waals surface area contributed by atoms with Crippen molar-refractivity contribution in [3.63, 3.8) is 0 Å². The molecule has 0 spiro atoms. The Bertz CT molecular complexity index is 118. The molecule has 0 aromatic rings. The molecule has 0 saturated carbocycles. The lowest BCUT2D eigenvalue weighted by Crippen LogP contribution is -1.99. The number of allylic oxidation sites excluding steroid dienone is 1. The smallest absolute Gasteiger partial charge is 0.366 e. The van der Waals surface area contributed by atoms with Crippen molar-refractivity contribution in [3.05, 3.63) is 11.9 Å². The van der Waals surface area contributed by atoms with Gasteiger partial charge in [-0.1, -0.05) is 0 Å². The number of halogens is 1. The van der Waals surface area contributed by atoms with Crippen LogP contribution in [0.5, 0.6) is 0 Å². The number of hydrogen-bond acceptors (Lipinski definition) is 2. The molecule has 0 amide bonds. The van der Waals surface area contributed by atoms with Crippen molar-refractivity contribution in [2.75, 3.05) is 7.11 Å². The fourth-order valence-corrected chi connectivity index (χ4v) is 0.215. The predicted molar refractivity (Wildman–Crippen MR) is 26.9 cm³/mol. The van der Waals surface area contributed by atoms with Crippen LogP contribution in [0.1, 0.15) is 6.92 Å².